The van der Waals surface area contributed by atoms with E-state index in [1.165, 1.54) is 12.1 Å². The monoisotopic (exact) mass is 274 g/mol. The van der Waals surface area contributed by atoms with Crippen LogP contribution in [0.1, 0.15) is 16.8 Å². The van der Waals surface area contributed by atoms with Crippen molar-refractivity contribution in [1.82, 2.24) is 5.32 Å². The highest BCUT2D eigenvalue weighted by atomic mass is 32.2. The number of phenols is 2. The highest BCUT2D eigenvalue weighted by Crippen LogP contribution is 2.20. The number of nitrogens with two attached hydrogens (primary N) is 1. The van der Waals surface area contributed by atoms with Crippen molar-refractivity contribution in [2.45, 2.75) is 6.42 Å². The fourth-order valence-electron chi connectivity index (χ4n) is 1.30. The molecule has 1 rings (SSSR count). The van der Waals surface area contributed by atoms with Gasteiger partial charge in [0.1, 0.15) is 11.5 Å². The first-order valence-corrected chi connectivity index (χ1v) is 6.81. The highest BCUT2D eigenvalue weighted by molar-refractivity contribution is 7.89. The fourth-order valence-corrected chi connectivity index (χ4v) is 1.85. The predicted molar refractivity (Wildman–Crippen MR) is 64.7 cm³/mol. The molecule has 0 atom stereocenters. The molecule has 0 saturated heterocycles. The van der Waals surface area contributed by atoms with Gasteiger partial charge in [-0.2, -0.15) is 0 Å². The zero-order chi connectivity index (χ0) is 13.8. The van der Waals surface area contributed by atoms with Gasteiger partial charge in [-0.25, -0.2) is 13.6 Å². The average Bonchev–Trinajstić information content (AvgIpc) is 2.21. The Morgan fingerprint density at radius 1 is 1.22 bits per heavy atom. The number of phenolic OH excluding ortho intramolecular Hbond substituents is 2. The van der Waals surface area contributed by atoms with Crippen LogP contribution in [0.4, 0.5) is 0 Å². The molecule has 0 aliphatic rings. The van der Waals surface area contributed by atoms with Gasteiger partial charge in [-0.05, 0) is 18.6 Å². The molecule has 7 nitrogen and oxygen atoms in total. The van der Waals surface area contributed by atoms with Gasteiger partial charge in [0.2, 0.25) is 10.0 Å². The number of primary sulfonamides is 1. The summed E-state index contributed by atoms with van der Waals surface area (Å²) in [6.45, 7) is 0.131. The van der Waals surface area contributed by atoms with Crippen molar-refractivity contribution in [3.8, 4) is 11.5 Å². The van der Waals surface area contributed by atoms with Crippen molar-refractivity contribution in [3.05, 3.63) is 23.8 Å². The van der Waals surface area contributed by atoms with Crippen molar-refractivity contribution < 1.29 is 23.4 Å². The minimum Gasteiger partial charge on any atom is -0.508 e. The molecule has 8 heteroatoms. The lowest BCUT2D eigenvalue weighted by atomic mass is 10.2. The maximum Gasteiger partial charge on any atom is 0.251 e. The lowest BCUT2D eigenvalue weighted by Gasteiger charge is -2.05. The molecule has 0 radical (unpaired) electrons. The van der Waals surface area contributed by atoms with Crippen molar-refractivity contribution >= 4 is 15.9 Å². The molecular formula is C10H14N2O5S. The first kappa shape index (κ1) is 14.3. The number of amides is 1. The summed E-state index contributed by atoms with van der Waals surface area (Å²) < 4.78 is 21.3. The number of carbonyl (C=O) groups excluding carboxylic acids is 1. The van der Waals surface area contributed by atoms with Gasteiger partial charge in [-0.3, -0.25) is 4.79 Å². The Hall–Kier alpha value is -1.80. The second kappa shape index (κ2) is 5.69. The molecule has 100 valence electrons. The Balaban J connectivity index is 2.51. The van der Waals surface area contributed by atoms with Gasteiger partial charge >= 0.3 is 0 Å². The summed E-state index contributed by atoms with van der Waals surface area (Å²) in [4.78, 5) is 11.6. The van der Waals surface area contributed by atoms with E-state index in [1.54, 1.807) is 0 Å². The van der Waals surface area contributed by atoms with Crippen molar-refractivity contribution in [3.63, 3.8) is 0 Å². The molecule has 0 aromatic heterocycles. The smallest absolute Gasteiger partial charge is 0.251 e. The van der Waals surface area contributed by atoms with Crippen LogP contribution in [-0.2, 0) is 10.0 Å². The third-order valence-corrected chi connectivity index (χ3v) is 2.91. The van der Waals surface area contributed by atoms with E-state index < -0.39 is 15.9 Å². The molecule has 1 aromatic carbocycles. The summed E-state index contributed by atoms with van der Waals surface area (Å²) in [5, 5.41) is 25.6. The largest absolute Gasteiger partial charge is 0.508 e. The Bertz CT molecular complexity index is 521. The minimum absolute atomic E-state index is 0.0862. The first-order valence-electron chi connectivity index (χ1n) is 5.09. The zero-order valence-corrected chi connectivity index (χ0v) is 10.3. The Morgan fingerprint density at radius 2 is 1.78 bits per heavy atom. The summed E-state index contributed by atoms with van der Waals surface area (Å²) in [6, 6.07) is 3.47. The van der Waals surface area contributed by atoms with E-state index in [4.69, 9.17) is 5.14 Å². The quantitative estimate of drug-likeness (QED) is 0.538. The van der Waals surface area contributed by atoms with Crippen LogP contribution in [0.5, 0.6) is 11.5 Å². The number of sulfonamides is 1. The van der Waals surface area contributed by atoms with E-state index in [9.17, 15) is 23.4 Å². The van der Waals surface area contributed by atoms with Crippen molar-refractivity contribution in [2.24, 2.45) is 5.14 Å². The molecule has 1 amide bonds. The summed E-state index contributed by atoms with van der Waals surface area (Å²) >= 11 is 0. The average molecular weight is 274 g/mol. The standard InChI is InChI=1S/C10H14N2O5S/c11-18(16,17)3-1-2-12-10(15)7-4-8(13)6-9(14)5-7/h4-6,13-14H,1-3H2,(H,12,15)(H2,11,16,17). The van der Waals surface area contributed by atoms with Gasteiger partial charge in [0.15, 0.2) is 0 Å². The van der Waals surface area contributed by atoms with E-state index in [1.807, 2.05) is 0 Å². The van der Waals surface area contributed by atoms with Crippen molar-refractivity contribution in [2.75, 3.05) is 12.3 Å². The van der Waals surface area contributed by atoms with Crippen LogP contribution in [0.2, 0.25) is 0 Å². The third kappa shape index (κ3) is 5.02. The number of carbonyl (C=O) groups is 1. The van der Waals surface area contributed by atoms with Gasteiger partial charge < -0.3 is 15.5 Å². The van der Waals surface area contributed by atoms with Crippen LogP contribution in [0.25, 0.3) is 0 Å². The SMILES string of the molecule is NS(=O)(=O)CCCNC(=O)c1cc(O)cc(O)c1. The number of nitrogens with one attached hydrogen (secondary N) is 1. The maximum atomic E-state index is 11.6. The van der Waals surface area contributed by atoms with Crippen LogP contribution in [0.3, 0.4) is 0 Å². The molecule has 0 bridgehead atoms. The lowest BCUT2D eigenvalue weighted by molar-refractivity contribution is 0.0953. The van der Waals surface area contributed by atoms with E-state index in [0.717, 1.165) is 6.07 Å². The number of rotatable bonds is 5. The van der Waals surface area contributed by atoms with E-state index in [0.29, 0.717) is 0 Å². The molecule has 18 heavy (non-hydrogen) atoms. The highest BCUT2D eigenvalue weighted by Gasteiger charge is 2.08. The summed E-state index contributed by atoms with van der Waals surface area (Å²) in [6.07, 6.45) is 0.190. The van der Waals surface area contributed by atoms with Crippen LogP contribution in [0, 0.1) is 0 Å². The Kier molecular flexibility index (Phi) is 4.51. The first-order chi connectivity index (χ1) is 8.28. The molecule has 0 saturated carbocycles. The molecule has 1 aromatic rings. The molecule has 0 unspecified atom stereocenters. The van der Waals surface area contributed by atoms with E-state index in [-0.39, 0.29) is 35.8 Å². The van der Waals surface area contributed by atoms with E-state index in [2.05, 4.69) is 5.32 Å². The van der Waals surface area contributed by atoms with Crippen LogP contribution < -0.4 is 10.5 Å². The second-order valence-corrected chi connectivity index (χ2v) is 5.45. The molecular weight excluding hydrogens is 260 g/mol. The predicted octanol–water partition coefficient (Wildman–Crippen LogP) is -0.494. The van der Waals surface area contributed by atoms with Gasteiger partial charge in [0, 0.05) is 18.2 Å². The normalized spacial score (nSPS) is 11.2. The van der Waals surface area contributed by atoms with Gasteiger partial charge in [0.05, 0.1) is 5.75 Å². The molecule has 5 N–H and O–H groups in total. The van der Waals surface area contributed by atoms with Crippen LogP contribution in [0.15, 0.2) is 18.2 Å². The Labute approximate surface area is 104 Å². The molecule has 0 spiro atoms. The maximum absolute atomic E-state index is 11.6. The zero-order valence-electron chi connectivity index (χ0n) is 9.46. The van der Waals surface area contributed by atoms with Crippen LogP contribution >= 0.6 is 0 Å². The summed E-state index contributed by atoms with van der Waals surface area (Å²) in [5.74, 6) is -1.21. The van der Waals surface area contributed by atoms with Gasteiger partial charge in [-0.1, -0.05) is 0 Å². The molecule has 0 aliphatic heterocycles. The number of hydrogen-bond acceptors (Lipinski definition) is 5. The second-order valence-electron chi connectivity index (χ2n) is 3.71. The molecule has 0 aliphatic carbocycles. The van der Waals surface area contributed by atoms with Crippen molar-refractivity contribution in [1.29, 1.82) is 0 Å². The number of aromatic hydroxyl groups is 2. The number of benzene rings is 1. The van der Waals surface area contributed by atoms with E-state index >= 15 is 0 Å². The summed E-state index contributed by atoms with van der Waals surface area (Å²) in [5.41, 5.74) is 0.0862. The third-order valence-electron chi connectivity index (χ3n) is 2.06. The topological polar surface area (TPSA) is 130 Å². The molecule has 0 fully saturated rings. The minimum atomic E-state index is -3.53. The van der Waals surface area contributed by atoms with Gasteiger partial charge in [0.25, 0.3) is 5.91 Å². The summed E-state index contributed by atoms with van der Waals surface area (Å²) in [7, 11) is -3.53. The van der Waals surface area contributed by atoms with Gasteiger partial charge in [-0.15, -0.1) is 0 Å². The molecule has 0 heterocycles. The fraction of sp³-hybridized carbons (Fsp3) is 0.300. The lowest BCUT2D eigenvalue weighted by Crippen LogP contribution is -2.27. The van der Waals surface area contributed by atoms with Crippen LogP contribution in [-0.4, -0.2) is 36.8 Å². The Morgan fingerprint density at radius 3 is 2.28 bits per heavy atom. The number of hydrogen-bond donors (Lipinski definition) is 4.